The summed E-state index contributed by atoms with van der Waals surface area (Å²) in [5.41, 5.74) is -0.664. The number of carbonyl (C=O) groups excluding carboxylic acids is 2. The third kappa shape index (κ3) is 2.18. The lowest BCUT2D eigenvalue weighted by Gasteiger charge is -2.30. The Kier molecular flexibility index (Phi) is 3.49. The molecule has 1 fully saturated rings. The summed E-state index contributed by atoms with van der Waals surface area (Å²) in [5, 5.41) is 2.26. The number of amides is 3. The topological polar surface area (TPSA) is 49.4 Å². The quantitative estimate of drug-likeness (QED) is 0.868. The van der Waals surface area contributed by atoms with Crippen LogP contribution in [0.25, 0.3) is 0 Å². The molecule has 1 saturated heterocycles. The molecule has 0 aliphatic carbocycles. The van der Waals surface area contributed by atoms with E-state index in [2.05, 4.69) is 5.32 Å². The first-order chi connectivity index (χ1) is 8.90. The van der Waals surface area contributed by atoms with E-state index >= 15 is 0 Å². The Morgan fingerprint density at radius 1 is 1.42 bits per heavy atom. The maximum absolute atomic E-state index is 13.9. The molecular formula is C13H14ClFN2O2. The summed E-state index contributed by atoms with van der Waals surface area (Å²) in [6, 6.07) is 4.09. The van der Waals surface area contributed by atoms with Gasteiger partial charge < -0.3 is 4.90 Å². The van der Waals surface area contributed by atoms with Crippen molar-refractivity contribution in [2.45, 2.75) is 32.4 Å². The second-order valence-corrected chi connectivity index (χ2v) is 5.09. The van der Waals surface area contributed by atoms with Crippen LogP contribution in [0.1, 0.15) is 25.8 Å². The number of urea groups is 1. The van der Waals surface area contributed by atoms with Crippen LogP contribution in [0.4, 0.5) is 9.18 Å². The fourth-order valence-corrected chi connectivity index (χ4v) is 2.28. The van der Waals surface area contributed by atoms with Gasteiger partial charge in [-0.15, -0.1) is 0 Å². The standard InChI is InChI=1S/C13H14ClFN2O2/c1-3-13(2)11(18)16-12(19)17(13)7-8-5-4-6-9(14)10(8)15/h4-6H,3,7H2,1-2H3,(H,16,18,19). The van der Waals surface area contributed by atoms with Crippen molar-refractivity contribution < 1.29 is 14.0 Å². The highest BCUT2D eigenvalue weighted by Crippen LogP contribution is 2.28. The summed E-state index contributed by atoms with van der Waals surface area (Å²) in [5.74, 6) is -0.919. The van der Waals surface area contributed by atoms with Crippen LogP contribution in [0, 0.1) is 5.82 Å². The van der Waals surface area contributed by atoms with Crippen molar-refractivity contribution in [1.82, 2.24) is 10.2 Å². The van der Waals surface area contributed by atoms with Crippen LogP contribution in [-0.2, 0) is 11.3 Å². The van der Waals surface area contributed by atoms with Crippen LogP contribution >= 0.6 is 11.6 Å². The van der Waals surface area contributed by atoms with Gasteiger partial charge in [0, 0.05) is 5.56 Å². The molecule has 6 heteroatoms. The zero-order valence-corrected chi connectivity index (χ0v) is 11.4. The SMILES string of the molecule is CCC1(C)C(=O)NC(=O)N1Cc1cccc(Cl)c1F. The molecule has 0 bridgehead atoms. The number of hydrogen-bond acceptors (Lipinski definition) is 2. The van der Waals surface area contributed by atoms with Gasteiger partial charge in [-0.25, -0.2) is 9.18 Å². The molecule has 1 aliphatic heterocycles. The van der Waals surface area contributed by atoms with Crippen LogP contribution in [-0.4, -0.2) is 22.4 Å². The Morgan fingerprint density at radius 3 is 2.74 bits per heavy atom. The number of nitrogens with zero attached hydrogens (tertiary/aromatic N) is 1. The van der Waals surface area contributed by atoms with Gasteiger partial charge in [0.05, 0.1) is 11.6 Å². The van der Waals surface area contributed by atoms with E-state index in [-0.39, 0.29) is 23.0 Å². The van der Waals surface area contributed by atoms with Crippen LogP contribution in [0.2, 0.25) is 5.02 Å². The van der Waals surface area contributed by atoms with E-state index in [0.29, 0.717) is 6.42 Å². The van der Waals surface area contributed by atoms with Gasteiger partial charge in [0.1, 0.15) is 11.4 Å². The first kappa shape index (κ1) is 13.8. The monoisotopic (exact) mass is 284 g/mol. The van der Waals surface area contributed by atoms with Crippen molar-refractivity contribution in [1.29, 1.82) is 0 Å². The van der Waals surface area contributed by atoms with Crippen LogP contribution in [0.3, 0.4) is 0 Å². The van der Waals surface area contributed by atoms with Crippen LogP contribution in [0.5, 0.6) is 0 Å². The van der Waals surface area contributed by atoms with Gasteiger partial charge in [-0.05, 0) is 19.4 Å². The molecule has 0 spiro atoms. The molecule has 0 saturated carbocycles. The number of benzene rings is 1. The Balaban J connectivity index is 2.34. The fraction of sp³-hybridized carbons (Fsp3) is 0.385. The summed E-state index contributed by atoms with van der Waals surface area (Å²) >= 11 is 5.71. The van der Waals surface area contributed by atoms with E-state index in [4.69, 9.17) is 11.6 Å². The Morgan fingerprint density at radius 2 is 2.11 bits per heavy atom. The van der Waals surface area contributed by atoms with Gasteiger partial charge in [0.2, 0.25) is 0 Å². The van der Waals surface area contributed by atoms with Crippen molar-refractivity contribution in [3.63, 3.8) is 0 Å². The second-order valence-electron chi connectivity index (χ2n) is 4.69. The molecule has 1 unspecified atom stereocenters. The molecule has 1 N–H and O–H groups in total. The smallest absolute Gasteiger partial charge is 0.306 e. The maximum Gasteiger partial charge on any atom is 0.325 e. The van der Waals surface area contributed by atoms with E-state index in [1.165, 1.54) is 11.0 Å². The minimum Gasteiger partial charge on any atom is -0.306 e. The molecule has 0 aromatic heterocycles. The Labute approximate surface area is 115 Å². The van der Waals surface area contributed by atoms with Gasteiger partial charge in [-0.2, -0.15) is 0 Å². The maximum atomic E-state index is 13.9. The summed E-state index contributed by atoms with van der Waals surface area (Å²) in [7, 11) is 0. The summed E-state index contributed by atoms with van der Waals surface area (Å²) < 4.78 is 13.9. The first-order valence-corrected chi connectivity index (χ1v) is 6.34. The van der Waals surface area contributed by atoms with Crippen LogP contribution in [0.15, 0.2) is 18.2 Å². The molecule has 3 amide bonds. The summed E-state index contributed by atoms with van der Waals surface area (Å²) in [6.45, 7) is 3.48. The Bertz CT molecular complexity index is 549. The largest absolute Gasteiger partial charge is 0.325 e. The third-order valence-electron chi connectivity index (χ3n) is 3.60. The molecule has 1 heterocycles. The zero-order chi connectivity index (χ0) is 14.2. The highest BCUT2D eigenvalue weighted by atomic mass is 35.5. The summed E-state index contributed by atoms with van der Waals surface area (Å²) in [4.78, 5) is 24.9. The molecule has 1 aliphatic rings. The average molecular weight is 285 g/mol. The van der Waals surface area contributed by atoms with Gasteiger partial charge >= 0.3 is 6.03 Å². The molecule has 19 heavy (non-hydrogen) atoms. The number of carbonyl (C=O) groups is 2. The number of nitrogens with one attached hydrogen (secondary N) is 1. The molecule has 2 rings (SSSR count). The lowest BCUT2D eigenvalue weighted by Crippen LogP contribution is -2.46. The van der Waals surface area contributed by atoms with E-state index in [1.54, 1.807) is 26.0 Å². The zero-order valence-electron chi connectivity index (χ0n) is 10.7. The van der Waals surface area contributed by atoms with Gasteiger partial charge in [-0.1, -0.05) is 30.7 Å². The van der Waals surface area contributed by atoms with Gasteiger partial charge in [0.25, 0.3) is 5.91 Å². The number of imide groups is 1. The van der Waals surface area contributed by atoms with E-state index in [9.17, 15) is 14.0 Å². The minimum atomic E-state index is -0.953. The molecule has 1 aromatic carbocycles. The number of rotatable bonds is 3. The highest BCUT2D eigenvalue weighted by Gasteiger charge is 2.47. The van der Waals surface area contributed by atoms with Crippen LogP contribution < -0.4 is 5.32 Å². The molecule has 4 nitrogen and oxygen atoms in total. The Hall–Kier alpha value is -1.62. The first-order valence-electron chi connectivity index (χ1n) is 5.96. The number of halogens is 2. The second kappa shape index (κ2) is 4.81. The predicted octanol–water partition coefficient (Wildman–Crippen LogP) is 2.70. The molecule has 1 atom stereocenters. The van der Waals surface area contributed by atoms with Crippen molar-refractivity contribution in [2.24, 2.45) is 0 Å². The lowest BCUT2D eigenvalue weighted by atomic mass is 9.97. The van der Waals surface area contributed by atoms with Gasteiger partial charge in [-0.3, -0.25) is 10.1 Å². The van der Waals surface area contributed by atoms with Crippen molar-refractivity contribution in [3.8, 4) is 0 Å². The highest BCUT2D eigenvalue weighted by molar-refractivity contribution is 6.30. The van der Waals surface area contributed by atoms with Crippen molar-refractivity contribution in [3.05, 3.63) is 34.6 Å². The minimum absolute atomic E-state index is 0.00151. The molecular weight excluding hydrogens is 271 g/mol. The van der Waals surface area contributed by atoms with E-state index in [0.717, 1.165) is 0 Å². The summed E-state index contributed by atoms with van der Waals surface area (Å²) in [6.07, 6.45) is 0.451. The number of hydrogen-bond donors (Lipinski definition) is 1. The van der Waals surface area contributed by atoms with E-state index in [1.807, 2.05) is 0 Å². The van der Waals surface area contributed by atoms with E-state index < -0.39 is 17.4 Å². The van der Waals surface area contributed by atoms with Gasteiger partial charge in [0.15, 0.2) is 0 Å². The van der Waals surface area contributed by atoms with Crippen molar-refractivity contribution in [2.75, 3.05) is 0 Å². The normalized spacial score (nSPS) is 22.8. The molecule has 102 valence electrons. The average Bonchev–Trinajstić information content (AvgIpc) is 2.59. The molecule has 0 radical (unpaired) electrons. The third-order valence-corrected chi connectivity index (χ3v) is 3.89. The molecule has 1 aromatic rings. The lowest BCUT2D eigenvalue weighted by molar-refractivity contribution is -0.126. The predicted molar refractivity (Wildman–Crippen MR) is 69.2 cm³/mol. The fourth-order valence-electron chi connectivity index (χ4n) is 2.08. The van der Waals surface area contributed by atoms with Crippen molar-refractivity contribution >= 4 is 23.5 Å².